The molecule has 0 amide bonds. The smallest absolute Gasteiger partial charge is 0.0459 e. The van der Waals surface area contributed by atoms with Crippen molar-refractivity contribution in [1.29, 1.82) is 0 Å². The van der Waals surface area contributed by atoms with E-state index in [9.17, 15) is 0 Å². The van der Waals surface area contributed by atoms with Crippen LogP contribution in [0, 0.1) is 6.92 Å². The highest BCUT2D eigenvalue weighted by molar-refractivity contribution is 6.31. The Morgan fingerprint density at radius 2 is 2.00 bits per heavy atom. The molecular formula is C10H13Cl2N. The van der Waals surface area contributed by atoms with Gasteiger partial charge >= 0.3 is 0 Å². The zero-order valence-corrected chi connectivity index (χ0v) is 9.08. The standard InChI is InChI=1S/C10H12ClN.ClH/c1-7-3-2-4-8(11)9(7)10(12)5-6-10;/h2-4H,5-6,12H2,1H3;1H. The summed E-state index contributed by atoms with van der Waals surface area (Å²) in [5.41, 5.74) is 8.33. The SMILES string of the molecule is Cc1cccc(Cl)c1C1(N)CC1.Cl. The lowest BCUT2D eigenvalue weighted by atomic mass is 10.0. The van der Waals surface area contributed by atoms with Gasteiger partial charge in [0.25, 0.3) is 0 Å². The molecule has 0 unspecified atom stereocenters. The van der Waals surface area contributed by atoms with Gasteiger partial charge in [-0.05, 0) is 37.0 Å². The Hall–Kier alpha value is -0.240. The maximum absolute atomic E-state index is 6.09. The van der Waals surface area contributed by atoms with Gasteiger partial charge in [-0.1, -0.05) is 23.7 Å². The van der Waals surface area contributed by atoms with Gasteiger partial charge in [-0.25, -0.2) is 0 Å². The molecular weight excluding hydrogens is 205 g/mol. The lowest BCUT2D eigenvalue weighted by molar-refractivity contribution is 0.733. The molecule has 0 aromatic heterocycles. The number of hydrogen-bond donors (Lipinski definition) is 1. The van der Waals surface area contributed by atoms with Crippen molar-refractivity contribution < 1.29 is 0 Å². The van der Waals surface area contributed by atoms with E-state index in [1.165, 1.54) is 5.56 Å². The Labute approximate surface area is 89.7 Å². The van der Waals surface area contributed by atoms with E-state index in [-0.39, 0.29) is 17.9 Å². The first-order valence-corrected chi connectivity index (χ1v) is 4.56. The molecule has 3 heteroatoms. The van der Waals surface area contributed by atoms with Gasteiger partial charge in [-0.15, -0.1) is 12.4 Å². The van der Waals surface area contributed by atoms with Crippen LogP contribution in [0.2, 0.25) is 5.02 Å². The van der Waals surface area contributed by atoms with Crippen molar-refractivity contribution in [3.63, 3.8) is 0 Å². The van der Waals surface area contributed by atoms with Gasteiger partial charge in [-0.2, -0.15) is 0 Å². The predicted octanol–water partition coefficient (Wildman–Crippen LogP) is 3.02. The Morgan fingerprint density at radius 3 is 2.46 bits per heavy atom. The molecule has 0 heterocycles. The van der Waals surface area contributed by atoms with Crippen LogP contribution >= 0.6 is 24.0 Å². The molecule has 1 aromatic rings. The normalized spacial score (nSPS) is 17.8. The second-order valence-corrected chi connectivity index (χ2v) is 4.00. The fraction of sp³-hybridized carbons (Fsp3) is 0.400. The van der Waals surface area contributed by atoms with Crippen LogP contribution in [-0.4, -0.2) is 0 Å². The fourth-order valence-corrected chi connectivity index (χ4v) is 2.06. The number of benzene rings is 1. The van der Waals surface area contributed by atoms with Crippen molar-refractivity contribution in [3.8, 4) is 0 Å². The number of hydrogen-bond acceptors (Lipinski definition) is 1. The van der Waals surface area contributed by atoms with Gasteiger partial charge in [0.15, 0.2) is 0 Å². The molecule has 0 spiro atoms. The second-order valence-electron chi connectivity index (χ2n) is 3.59. The quantitative estimate of drug-likeness (QED) is 0.770. The Kier molecular flexibility index (Phi) is 2.91. The van der Waals surface area contributed by atoms with Crippen LogP contribution in [0.3, 0.4) is 0 Å². The molecule has 72 valence electrons. The molecule has 1 aliphatic rings. The summed E-state index contributed by atoms with van der Waals surface area (Å²) < 4.78 is 0. The van der Waals surface area contributed by atoms with Gasteiger partial charge in [0, 0.05) is 10.6 Å². The van der Waals surface area contributed by atoms with E-state index in [1.807, 2.05) is 12.1 Å². The van der Waals surface area contributed by atoms with Crippen LogP contribution in [0.15, 0.2) is 18.2 Å². The van der Waals surface area contributed by atoms with E-state index in [2.05, 4.69) is 13.0 Å². The molecule has 1 saturated carbocycles. The monoisotopic (exact) mass is 217 g/mol. The van der Waals surface area contributed by atoms with Gasteiger partial charge in [0.2, 0.25) is 0 Å². The van der Waals surface area contributed by atoms with Crippen molar-refractivity contribution in [2.24, 2.45) is 5.73 Å². The molecule has 1 aliphatic carbocycles. The zero-order valence-electron chi connectivity index (χ0n) is 7.51. The summed E-state index contributed by atoms with van der Waals surface area (Å²) in [5, 5.41) is 0.815. The number of nitrogens with two attached hydrogens (primary N) is 1. The molecule has 2 rings (SSSR count). The van der Waals surface area contributed by atoms with E-state index in [0.29, 0.717) is 0 Å². The highest BCUT2D eigenvalue weighted by Gasteiger charge is 2.42. The molecule has 1 fully saturated rings. The summed E-state index contributed by atoms with van der Waals surface area (Å²) in [4.78, 5) is 0. The van der Waals surface area contributed by atoms with E-state index < -0.39 is 0 Å². The van der Waals surface area contributed by atoms with Crippen molar-refractivity contribution in [2.75, 3.05) is 0 Å². The van der Waals surface area contributed by atoms with Crippen molar-refractivity contribution in [3.05, 3.63) is 34.3 Å². The highest BCUT2D eigenvalue weighted by atomic mass is 35.5. The number of aryl methyl sites for hydroxylation is 1. The summed E-state index contributed by atoms with van der Waals surface area (Å²) in [7, 11) is 0. The van der Waals surface area contributed by atoms with Gasteiger partial charge < -0.3 is 5.73 Å². The first-order valence-electron chi connectivity index (χ1n) is 4.18. The molecule has 0 atom stereocenters. The van der Waals surface area contributed by atoms with Gasteiger partial charge in [0.1, 0.15) is 0 Å². The summed E-state index contributed by atoms with van der Waals surface area (Å²) in [5.74, 6) is 0. The summed E-state index contributed by atoms with van der Waals surface area (Å²) >= 11 is 6.07. The first kappa shape index (κ1) is 10.8. The Morgan fingerprint density at radius 1 is 1.38 bits per heavy atom. The second kappa shape index (κ2) is 3.49. The van der Waals surface area contributed by atoms with E-state index >= 15 is 0 Å². The molecule has 1 aromatic carbocycles. The van der Waals surface area contributed by atoms with Crippen molar-refractivity contribution >= 4 is 24.0 Å². The minimum atomic E-state index is -0.109. The lowest BCUT2D eigenvalue weighted by Crippen LogP contribution is -2.20. The topological polar surface area (TPSA) is 26.0 Å². The van der Waals surface area contributed by atoms with Crippen LogP contribution in [0.4, 0.5) is 0 Å². The maximum Gasteiger partial charge on any atom is 0.0459 e. The van der Waals surface area contributed by atoms with Crippen LogP contribution < -0.4 is 5.73 Å². The lowest BCUT2D eigenvalue weighted by Gasteiger charge is -2.14. The number of rotatable bonds is 1. The largest absolute Gasteiger partial charge is 0.321 e. The molecule has 0 bridgehead atoms. The highest BCUT2D eigenvalue weighted by Crippen LogP contribution is 2.46. The molecule has 0 aliphatic heterocycles. The van der Waals surface area contributed by atoms with Crippen LogP contribution in [0.1, 0.15) is 24.0 Å². The molecule has 0 saturated heterocycles. The predicted molar refractivity (Wildman–Crippen MR) is 58.5 cm³/mol. The van der Waals surface area contributed by atoms with Gasteiger partial charge in [-0.3, -0.25) is 0 Å². The first-order chi connectivity index (χ1) is 5.63. The minimum absolute atomic E-state index is 0. The third kappa shape index (κ3) is 1.83. The average Bonchev–Trinajstić information content (AvgIpc) is 2.68. The summed E-state index contributed by atoms with van der Waals surface area (Å²) in [6.45, 7) is 2.06. The third-order valence-electron chi connectivity index (χ3n) is 2.51. The molecule has 1 nitrogen and oxygen atoms in total. The fourth-order valence-electron chi connectivity index (χ4n) is 1.65. The molecule has 13 heavy (non-hydrogen) atoms. The summed E-state index contributed by atoms with van der Waals surface area (Å²) in [6.07, 6.45) is 2.13. The maximum atomic E-state index is 6.09. The van der Waals surface area contributed by atoms with Gasteiger partial charge in [0.05, 0.1) is 0 Å². The molecule has 0 radical (unpaired) electrons. The van der Waals surface area contributed by atoms with E-state index in [0.717, 1.165) is 23.4 Å². The van der Waals surface area contributed by atoms with Crippen LogP contribution in [0.5, 0.6) is 0 Å². The average molecular weight is 218 g/mol. The summed E-state index contributed by atoms with van der Waals surface area (Å²) in [6, 6.07) is 5.94. The van der Waals surface area contributed by atoms with E-state index in [4.69, 9.17) is 17.3 Å². The van der Waals surface area contributed by atoms with Crippen LogP contribution in [0.25, 0.3) is 0 Å². The Balaban J connectivity index is 0.000000845. The van der Waals surface area contributed by atoms with Crippen molar-refractivity contribution in [1.82, 2.24) is 0 Å². The zero-order chi connectivity index (χ0) is 8.77. The Bertz CT molecular complexity index is 298. The number of halogens is 2. The van der Waals surface area contributed by atoms with Crippen LogP contribution in [-0.2, 0) is 5.54 Å². The molecule has 2 N–H and O–H groups in total. The van der Waals surface area contributed by atoms with Crippen molar-refractivity contribution in [2.45, 2.75) is 25.3 Å². The third-order valence-corrected chi connectivity index (χ3v) is 2.82. The van der Waals surface area contributed by atoms with E-state index in [1.54, 1.807) is 0 Å². The minimum Gasteiger partial charge on any atom is -0.321 e.